The molecule has 0 spiro atoms. The van der Waals surface area contributed by atoms with E-state index in [0.717, 1.165) is 38.5 Å². The SMILES string of the molecule is CCCCCCCCCCCC/C=C/CC/C=C/CC/C=C/C(O)C(CO)NC(=O)CC(O)CCCCCCCCCCCCC. The minimum atomic E-state index is -0.956. The number of amides is 1. The van der Waals surface area contributed by atoms with Crippen LogP contribution in [-0.2, 0) is 4.79 Å². The van der Waals surface area contributed by atoms with E-state index in [1.54, 1.807) is 6.08 Å². The highest BCUT2D eigenvalue weighted by Crippen LogP contribution is 2.14. The Labute approximate surface area is 285 Å². The number of unbranched alkanes of at least 4 members (excludes halogenated alkanes) is 22. The number of nitrogens with one attached hydrogen (secondary N) is 1. The van der Waals surface area contributed by atoms with E-state index < -0.39 is 18.2 Å². The first-order chi connectivity index (χ1) is 22.5. The number of aliphatic hydroxyl groups is 3. The van der Waals surface area contributed by atoms with Crippen molar-refractivity contribution in [3.63, 3.8) is 0 Å². The largest absolute Gasteiger partial charge is 0.394 e. The van der Waals surface area contributed by atoms with Crippen LogP contribution in [0.2, 0.25) is 0 Å². The van der Waals surface area contributed by atoms with Gasteiger partial charge in [0.1, 0.15) is 0 Å². The van der Waals surface area contributed by atoms with Crippen LogP contribution in [0.4, 0.5) is 0 Å². The number of carbonyl (C=O) groups is 1. The summed E-state index contributed by atoms with van der Waals surface area (Å²) in [5.74, 6) is -0.331. The lowest BCUT2D eigenvalue weighted by Crippen LogP contribution is -2.45. The van der Waals surface area contributed by atoms with E-state index in [-0.39, 0.29) is 18.9 Å². The second-order valence-corrected chi connectivity index (χ2v) is 13.5. The molecule has 3 atom stereocenters. The van der Waals surface area contributed by atoms with Gasteiger partial charge in [-0.2, -0.15) is 0 Å². The van der Waals surface area contributed by atoms with Crippen molar-refractivity contribution in [2.45, 2.75) is 212 Å². The van der Waals surface area contributed by atoms with E-state index in [1.807, 2.05) is 6.08 Å². The number of hydrogen-bond acceptors (Lipinski definition) is 4. The van der Waals surface area contributed by atoms with E-state index in [1.165, 1.54) is 128 Å². The highest BCUT2D eigenvalue weighted by atomic mass is 16.3. The Morgan fingerprint density at radius 2 is 0.935 bits per heavy atom. The van der Waals surface area contributed by atoms with Gasteiger partial charge in [-0.15, -0.1) is 0 Å². The summed E-state index contributed by atoms with van der Waals surface area (Å²) >= 11 is 0. The summed E-state index contributed by atoms with van der Waals surface area (Å²) < 4.78 is 0. The van der Waals surface area contributed by atoms with Gasteiger partial charge in [0.2, 0.25) is 5.91 Å². The fraction of sp³-hybridized carbons (Fsp3) is 0.829. The third kappa shape index (κ3) is 32.5. The van der Waals surface area contributed by atoms with Crippen molar-refractivity contribution in [1.29, 1.82) is 0 Å². The van der Waals surface area contributed by atoms with E-state index in [4.69, 9.17) is 0 Å². The smallest absolute Gasteiger partial charge is 0.222 e. The van der Waals surface area contributed by atoms with Crippen LogP contribution in [0, 0.1) is 0 Å². The fourth-order valence-electron chi connectivity index (χ4n) is 5.84. The quantitative estimate of drug-likeness (QED) is 0.0407. The molecule has 0 aliphatic carbocycles. The van der Waals surface area contributed by atoms with Crippen molar-refractivity contribution >= 4 is 5.91 Å². The van der Waals surface area contributed by atoms with Gasteiger partial charge in [-0.25, -0.2) is 0 Å². The normalized spacial score (nSPS) is 14.1. The van der Waals surface area contributed by atoms with Gasteiger partial charge < -0.3 is 20.6 Å². The van der Waals surface area contributed by atoms with E-state index in [9.17, 15) is 20.1 Å². The summed E-state index contributed by atoms with van der Waals surface area (Å²) in [6.45, 7) is 4.17. The molecule has 0 bridgehead atoms. The summed E-state index contributed by atoms with van der Waals surface area (Å²) in [6.07, 6.45) is 44.2. The number of rotatable bonds is 35. The highest BCUT2D eigenvalue weighted by Gasteiger charge is 2.20. The van der Waals surface area contributed by atoms with Crippen LogP contribution in [0.5, 0.6) is 0 Å². The van der Waals surface area contributed by atoms with Crippen molar-refractivity contribution < 1.29 is 20.1 Å². The maximum atomic E-state index is 12.4. The van der Waals surface area contributed by atoms with E-state index in [2.05, 4.69) is 43.5 Å². The molecule has 0 heterocycles. The number of carbonyl (C=O) groups excluding carboxylic acids is 1. The minimum Gasteiger partial charge on any atom is -0.394 e. The van der Waals surface area contributed by atoms with Crippen LogP contribution in [0.3, 0.4) is 0 Å². The van der Waals surface area contributed by atoms with Gasteiger partial charge in [0.15, 0.2) is 0 Å². The lowest BCUT2D eigenvalue weighted by Gasteiger charge is -2.21. The van der Waals surface area contributed by atoms with Crippen LogP contribution in [0.1, 0.15) is 194 Å². The molecule has 1 amide bonds. The van der Waals surface area contributed by atoms with Crippen LogP contribution < -0.4 is 5.32 Å². The molecule has 5 heteroatoms. The average molecular weight is 648 g/mol. The summed E-state index contributed by atoms with van der Waals surface area (Å²) in [6, 6.07) is -0.763. The molecular weight excluding hydrogens is 570 g/mol. The van der Waals surface area contributed by atoms with Crippen LogP contribution >= 0.6 is 0 Å². The molecule has 4 N–H and O–H groups in total. The van der Waals surface area contributed by atoms with Crippen molar-refractivity contribution in [2.75, 3.05) is 6.61 Å². The Hall–Kier alpha value is -1.43. The van der Waals surface area contributed by atoms with Crippen LogP contribution in [0.15, 0.2) is 36.5 Å². The number of allylic oxidation sites excluding steroid dienone is 5. The summed E-state index contributed by atoms with van der Waals surface area (Å²) in [4.78, 5) is 12.4. The minimum absolute atomic E-state index is 0.00395. The van der Waals surface area contributed by atoms with Gasteiger partial charge in [0.05, 0.1) is 31.3 Å². The van der Waals surface area contributed by atoms with Gasteiger partial charge in [-0.3, -0.25) is 4.79 Å². The first kappa shape index (κ1) is 44.6. The standard InChI is InChI=1S/C41H77NO4/c1-3-5-7-9-11-13-15-16-17-18-19-20-21-22-23-25-27-29-31-33-35-40(45)39(37-43)42-41(46)36-38(44)34-32-30-28-26-24-14-12-10-8-6-4-2/h20-21,25,27,33,35,38-40,43-45H,3-19,22-24,26,28-32,34,36-37H2,1-2H3,(H,42,46)/b21-20+,27-25+,35-33+. The van der Waals surface area contributed by atoms with Crippen LogP contribution in [0.25, 0.3) is 0 Å². The molecule has 3 unspecified atom stereocenters. The molecule has 0 fully saturated rings. The van der Waals surface area contributed by atoms with Crippen molar-refractivity contribution in [3.05, 3.63) is 36.5 Å². The Morgan fingerprint density at radius 3 is 1.39 bits per heavy atom. The maximum Gasteiger partial charge on any atom is 0.222 e. The number of hydrogen-bond donors (Lipinski definition) is 4. The predicted octanol–water partition coefficient (Wildman–Crippen LogP) is 10.8. The predicted molar refractivity (Wildman–Crippen MR) is 199 cm³/mol. The molecule has 0 saturated carbocycles. The van der Waals surface area contributed by atoms with Gasteiger partial charge in [-0.05, 0) is 44.9 Å². The molecule has 0 saturated heterocycles. The average Bonchev–Trinajstić information content (AvgIpc) is 3.05. The lowest BCUT2D eigenvalue weighted by atomic mass is 10.0. The molecule has 0 aliphatic rings. The first-order valence-electron chi connectivity index (χ1n) is 19.8. The molecule has 5 nitrogen and oxygen atoms in total. The van der Waals surface area contributed by atoms with E-state index >= 15 is 0 Å². The summed E-state index contributed by atoms with van der Waals surface area (Å²) in [7, 11) is 0. The molecule has 0 aromatic carbocycles. The van der Waals surface area contributed by atoms with Gasteiger partial charge >= 0.3 is 0 Å². The second kappa shape index (κ2) is 36.4. The fourth-order valence-corrected chi connectivity index (χ4v) is 5.84. The second-order valence-electron chi connectivity index (χ2n) is 13.5. The molecule has 0 rings (SSSR count). The summed E-state index contributed by atoms with van der Waals surface area (Å²) in [5.41, 5.74) is 0. The first-order valence-corrected chi connectivity index (χ1v) is 19.8. The van der Waals surface area contributed by atoms with Gasteiger partial charge in [0.25, 0.3) is 0 Å². The van der Waals surface area contributed by atoms with Crippen LogP contribution in [-0.4, -0.2) is 46.1 Å². The lowest BCUT2D eigenvalue weighted by molar-refractivity contribution is -0.124. The maximum absolute atomic E-state index is 12.4. The molecule has 0 aliphatic heterocycles. The Bertz CT molecular complexity index is 719. The molecular formula is C41H77NO4. The Balaban J connectivity index is 3.78. The molecule has 46 heavy (non-hydrogen) atoms. The molecule has 0 radical (unpaired) electrons. The zero-order valence-electron chi connectivity index (χ0n) is 30.5. The monoisotopic (exact) mass is 648 g/mol. The molecule has 0 aromatic heterocycles. The highest BCUT2D eigenvalue weighted by molar-refractivity contribution is 5.76. The van der Waals surface area contributed by atoms with E-state index in [0.29, 0.717) is 6.42 Å². The number of aliphatic hydroxyl groups excluding tert-OH is 3. The zero-order valence-corrected chi connectivity index (χ0v) is 30.5. The molecule has 0 aromatic rings. The Kier molecular flexibility index (Phi) is 35.3. The van der Waals surface area contributed by atoms with Crippen molar-refractivity contribution in [3.8, 4) is 0 Å². The zero-order chi connectivity index (χ0) is 33.8. The topological polar surface area (TPSA) is 89.8 Å². The third-order valence-electron chi connectivity index (χ3n) is 8.91. The van der Waals surface area contributed by atoms with Crippen molar-refractivity contribution in [2.24, 2.45) is 0 Å². The van der Waals surface area contributed by atoms with Gasteiger partial charge in [0, 0.05) is 0 Å². The Morgan fingerprint density at radius 1 is 0.543 bits per heavy atom. The molecule has 270 valence electrons. The third-order valence-corrected chi connectivity index (χ3v) is 8.91. The summed E-state index contributed by atoms with van der Waals surface area (Å²) in [5, 5.41) is 33.0. The van der Waals surface area contributed by atoms with Gasteiger partial charge in [-0.1, -0.05) is 179 Å². The van der Waals surface area contributed by atoms with Crippen molar-refractivity contribution in [1.82, 2.24) is 5.32 Å².